The molecular formula is C25H25ClN2O3. The summed E-state index contributed by atoms with van der Waals surface area (Å²) in [5, 5.41) is 4.72. The molecule has 0 bridgehead atoms. The Morgan fingerprint density at radius 3 is 2.48 bits per heavy atom. The summed E-state index contributed by atoms with van der Waals surface area (Å²) >= 11 is 5.91. The Labute approximate surface area is 187 Å². The van der Waals surface area contributed by atoms with E-state index < -0.39 is 0 Å². The lowest BCUT2D eigenvalue weighted by Crippen LogP contribution is -2.18. The van der Waals surface area contributed by atoms with E-state index in [-0.39, 0.29) is 5.91 Å². The SMILES string of the molecule is CCCCOc1ccc(/C=N/NC(=O)c2ccccc2OCc2ccc(Cl)cc2)cc1. The molecule has 0 aliphatic heterocycles. The molecule has 31 heavy (non-hydrogen) atoms. The third kappa shape index (κ3) is 7.15. The molecule has 6 heteroatoms. The molecule has 0 fully saturated rings. The zero-order chi connectivity index (χ0) is 21.9. The molecule has 0 atom stereocenters. The monoisotopic (exact) mass is 436 g/mol. The van der Waals surface area contributed by atoms with Crippen LogP contribution >= 0.6 is 11.6 Å². The highest BCUT2D eigenvalue weighted by atomic mass is 35.5. The number of hydrazone groups is 1. The van der Waals surface area contributed by atoms with Crippen LogP contribution in [0.3, 0.4) is 0 Å². The third-order valence-electron chi connectivity index (χ3n) is 4.47. The largest absolute Gasteiger partial charge is 0.494 e. The Hall–Kier alpha value is -3.31. The molecule has 0 spiro atoms. The maximum Gasteiger partial charge on any atom is 0.275 e. The summed E-state index contributed by atoms with van der Waals surface area (Å²) in [5.41, 5.74) is 4.78. The van der Waals surface area contributed by atoms with Crippen molar-refractivity contribution in [2.45, 2.75) is 26.4 Å². The number of carbonyl (C=O) groups is 1. The summed E-state index contributed by atoms with van der Waals surface area (Å²) in [6.07, 6.45) is 3.71. The van der Waals surface area contributed by atoms with E-state index in [2.05, 4.69) is 17.5 Å². The molecule has 5 nitrogen and oxygen atoms in total. The van der Waals surface area contributed by atoms with Crippen LogP contribution in [0.4, 0.5) is 0 Å². The number of rotatable bonds is 10. The first kappa shape index (κ1) is 22.4. The summed E-state index contributed by atoms with van der Waals surface area (Å²) in [6, 6.07) is 22.0. The minimum atomic E-state index is -0.345. The maximum atomic E-state index is 12.6. The molecular weight excluding hydrogens is 412 g/mol. The molecule has 0 saturated heterocycles. The Balaban J connectivity index is 1.56. The summed E-state index contributed by atoms with van der Waals surface area (Å²) in [6.45, 7) is 3.16. The first-order chi connectivity index (χ1) is 15.2. The minimum absolute atomic E-state index is 0.331. The minimum Gasteiger partial charge on any atom is -0.494 e. The van der Waals surface area contributed by atoms with Crippen LogP contribution in [-0.4, -0.2) is 18.7 Å². The number of unbranched alkanes of at least 4 members (excludes halogenated alkanes) is 1. The van der Waals surface area contributed by atoms with Gasteiger partial charge in [0.15, 0.2) is 0 Å². The van der Waals surface area contributed by atoms with Crippen LogP contribution < -0.4 is 14.9 Å². The number of amides is 1. The van der Waals surface area contributed by atoms with E-state index in [9.17, 15) is 4.79 Å². The van der Waals surface area contributed by atoms with Crippen molar-refractivity contribution < 1.29 is 14.3 Å². The molecule has 0 aliphatic carbocycles. The molecule has 3 aromatic rings. The zero-order valence-corrected chi connectivity index (χ0v) is 18.1. The van der Waals surface area contributed by atoms with Crippen molar-refractivity contribution in [3.63, 3.8) is 0 Å². The number of nitrogens with zero attached hydrogens (tertiary/aromatic N) is 1. The van der Waals surface area contributed by atoms with E-state index in [4.69, 9.17) is 21.1 Å². The number of benzene rings is 3. The van der Waals surface area contributed by atoms with Crippen LogP contribution in [0, 0.1) is 0 Å². The van der Waals surface area contributed by atoms with Crippen molar-refractivity contribution in [2.75, 3.05) is 6.61 Å². The van der Waals surface area contributed by atoms with Gasteiger partial charge in [0.05, 0.1) is 18.4 Å². The highest BCUT2D eigenvalue weighted by molar-refractivity contribution is 6.30. The fourth-order valence-corrected chi connectivity index (χ4v) is 2.86. The molecule has 3 aromatic carbocycles. The van der Waals surface area contributed by atoms with Crippen LogP contribution in [0.2, 0.25) is 5.02 Å². The standard InChI is InChI=1S/C25H25ClN2O3/c1-2-3-16-30-22-14-10-19(11-15-22)17-27-28-25(29)23-6-4-5-7-24(23)31-18-20-8-12-21(26)13-9-20/h4-15,17H,2-3,16,18H2,1H3,(H,28,29)/b27-17+. The lowest BCUT2D eigenvalue weighted by molar-refractivity contribution is 0.0950. The fourth-order valence-electron chi connectivity index (χ4n) is 2.73. The van der Waals surface area contributed by atoms with E-state index in [1.54, 1.807) is 36.5 Å². The van der Waals surface area contributed by atoms with Crippen LogP contribution in [0.15, 0.2) is 77.9 Å². The number of ether oxygens (including phenoxy) is 2. The van der Waals surface area contributed by atoms with Gasteiger partial charge >= 0.3 is 0 Å². The Morgan fingerprint density at radius 2 is 1.74 bits per heavy atom. The van der Waals surface area contributed by atoms with Gasteiger partial charge in [-0.2, -0.15) is 5.10 Å². The molecule has 1 N–H and O–H groups in total. The average molecular weight is 437 g/mol. The predicted octanol–water partition coefficient (Wildman–Crippen LogP) is 5.86. The molecule has 0 radical (unpaired) electrons. The van der Waals surface area contributed by atoms with Gasteiger partial charge in [-0.3, -0.25) is 4.79 Å². The Kier molecular flexibility index (Phi) is 8.49. The van der Waals surface area contributed by atoms with Gasteiger partial charge in [-0.05, 0) is 66.1 Å². The van der Waals surface area contributed by atoms with Crippen molar-refractivity contribution in [1.29, 1.82) is 0 Å². The number of carbonyl (C=O) groups excluding carboxylic acids is 1. The van der Waals surface area contributed by atoms with E-state index in [0.717, 1.165) is 29.7 Å². The number of hydrogen-bond donors (Lipinski definition) is 1. The Bertz CT molecular complexity index is 1000. The second-order valence-corrected chi connectivity index (χ2v) is 7.32. The lowest BCUT2D eigenvalue weighted by atomic mass is 10.2. The van der Waals surface area contributed by atoms with E-state index >= 15 is 0 Å². The highest BCUT2D eigenvalue weighted by Crippen LogP contribution is 2.20. The predicted molar refractivity (Wildman–Crippen MR) is 124 cm³/mol. The van der Waals surface area contributed by atoms with Crippen LogP contribution in [0.25, 0.3) is 0 Å². The summed E-state index contributed by atoms with van der Waals surface area (Å²) in [7, 11) is 0. The summed E-state index contributed by atoms with van der Waals surface area (Å²) < 4.78 is 11.5. The summed E-state index contributed by atoms with van der Waals surface area (Å²) in [5.74, 6) is 0.961. The lowest BCUT2D eigenvalue weighted by Gasteiger charge is -2.10. The molecule has 0 heterocycles. The van der Waals surface area contributed by atoms with Gasteiger partial charge in [-0.25, -0.2) is 5.43 Å². The van der Waals surface area contributed by atoms with Crippen molar-refractivity contribution in [2.24, 2.45) is 5.10 Å². The normalized spacial score (nSPS) is 10.8. The van der Waals surface area contributed by atoms with E-state index in [1.165, 1.54) is 0 Å². The van der Waals surface area contributed by atoms with Crippen molar-refractivity contribution in [3.8, 4) is 11.5 Å². The third-order valence-corrected chi connectivity index (χ3v) is 4.72. The zero-order valence-electron chi connectivity index (χ0n) is 17.4. The topological polar surface area (TPSA) is 59.9 Å². The second kappa shape index (κ2) is 11.8. The van der Waals surface area contributed by atoms with Gasteiger partial charge < -0.3 is 9.47 Å². The van der Waals surface area contributed by atoms with Crippen molar-refractivity contribution in [1.82, 2.24) is 5.43 Å². The molecule has 160 valence electrons. The van der Waals surface area contributed by atoms with Crippen LogP contribution in [-0.2, 0) is 6.61 Å². The number of nitrogens with one attached hydrogen (secondary N) is 1. The average Bonchev–Trinajstić information content (AvgIpc) is 2.80. The summed E-state index contributed by atoms with van der Waals surface area (Å²) in [4.78, 5) is 12.6. The van der Waals surface area contributed by atoms with E-state index in [0.29, 0.717) is 29.5 Å². The van der Waals surface area contributed by atoms with Crippen LogP contribution in [0.1, 0.15) is 41.3 Å². The van der Waals surface area contributed by atoms with Gasteiger partial charge in [0.1, 0.15) is 18.1 Å². The quantitative estimate of drug-likeness (QED) is 0.246. The molecule has 1 amide bonds. The Morgan fingerprint density at radius 1 is 1.00 bits per heavy atom. The van der Waals surface area contributed by atoms with E-state index in [1.807, 2.05) is 42.5 Å². The van der Waals surface area contributed by atoms with Gasteiger partial charge in [0, 0.05) is 5.02 Å². The van der Waals surface area contributed by atoms with Crippen molar-refractivity contribution in [3.05, 3.63) is 94.5 Å². The number of para-hydroxylation sites is 1. The van der Waals surface area contributed by atoms with Gasteiger partial charge in [-0.1, -0.05) is 49.2 Å². The smallest absolute Gasteiger partial charge is 0.275 e. The molecule has 0 unspecified atom stereocenters. The van der Waals surface area contributed by atoms with Crippen LogP contribution in [0.5, 0.6) is 11.5 Å². The van der Waals surface area contributed by atoms with Gasteiger partial charge in [-0.15, -0.1) is 0 Å². The molecule has 0 aromatic heterocycles. The molecule has 0 saturated carbocycles. The molecule has 3 rings (SSSR count). The van der Waals surface area contributed by atoms with Gasteiger partial charge in [0.2, 0.25) is 0 Å². The maximum absolute atomic E-state index is 12.6. The molecule has 0 aliphatic rings. The van der Waals surface area contributed by atoms with Gasteiger partial charge in [0.25, 0.3) is 5.91 Å². The highest BCUT2D eigenvalue weighted by Gasteiger charge is 2.11. The second-order valence-electron chi connectivity index (χ2n) is 6.88. The first-order valence-corrected chi connectivity index (χ1v) is 10.6. The fraction of sp³-hybridized carbons (Fsp3) is 0.200. The van der Waals surface area contributed by atoms with Crippen molar-refractivity contribution >= 4 is 23.7 Å². The number of hydrogen-bond acceptors (Lipinski definition) is 4. The number of halogens is 1. The first-order valence-electron chi connectivity index (χ1n) is 10.2.